The number of carbonyl (C=O) groups excluding carboxylic acids is 3. The van der Waals surface area contributed by atoms with Crippen molar-refractivity contribution in [2.45, 2.75) is 45.1 Å². The number of hydrogen-bond donors (Lipinski definition) is 2. The number of hydrogen-bond acceptors (Lipinski definition) is 5. The SMILES string of the molecule is CCOC(=O)N1CCC(NC(=O)CCCNC(=O)Cc2cnc3ccccc3c2)CC1. The first-order chi connectivity index (χ1) is 15.0. The fourth-order valence-corrected chi connectivity index (χ4v) is 3.66. The summed E-state index contributed by atoms with van der Waals surface area (Å²) in [7, 11) is 0. The molecular weight excluding hydrogens is 396 g/mol. The van der Waals surface area contributed by atoms with Crippen molar-refractivity contribution >= 4 is 28.8 Å². The molecule has 8 heteroatoms. The van der Waals surface area contributed by atoms with Gasteiger partial charge in [-0.1, -0.05) is 18.2 Å². The van der Waals surface area contributed by atoms with Crippen molar-refractivity contribution in [3.8, 4) is 0 Å². The lowest BCUT2D eigenvalue weighted by Gasteiger charge is -2.31. The van der Waals surface area contributed by atoms with Crippen LogP contribution in [0.1, 0.15) is 38.2 Å². The molecule has 0 bridgehead atoms. The zero-order valence-electron chi connectivity index (χ0n) is 17.9. The zero-order valence-corrected chi connectivity index (χ0v) is 17.9. The second kappa shape index (κ2) is 11.3. The Hall–Kier alpha value is -3.16. The summed E-state index contributed by atoms with van der Waals surface area (Å²) >= 11 is 0. The second-order valence-electron chi connectivity index (χ2n) is 7.69. The van der Waals surface area contributed by atoms with Crippen LogP contribution in [0.3, 0.4) is 0 Å². The van der Waals surface area contributed by atoms with Gasteiger partial charge < -0.3 is 20.3 Å². The van der Waals surface area contributed by atoms with Crippen molar-refractivity contribution < 1.29 is 19.1 Å². The molecule has 1 aliphatic heterocycles. The van der Waals surface area contributed by atoms with Gasteiger partial charge in [0.15, 0.2) is 0 Å². The molecule has 0 radical (unpaired) electrons. The summed E-state index contributed by atoms with van der Waals surface area (Å²) in [6.07, 6.45) is 4.08. The number of para-hydroxylation sites is 1. The molecule has 166 valence electrons. The molecule has 3 rings (SSSR count). The minimum atomic E-state index is -0.289. The summed E-state index contributed by atoms with van der Waals surface area (Å²) < 4.78 is 5.00. The van der Waals surface area contributed by atoms with Crippen molar-refractivity contribution in [3.63, 3.8) is 0 Å². The lowest BCUT2D eigenvalue weighted by Crippen LogP contribution is -2.46. The second-order valence-corrected chi connectivity index (χ2v) is 7.69. The monoisotopic (exact) mass is 426 g/mol. The van der Waals surface area contributed by atoms with Crippen LogP contribution in [0.2, 0.25) is 0 Å². The highest BCUT2D eigenvalue weighted by molar-refractivity contribution is 5.82. The van der Waals surface area contributed by atoms with E-state index in [0.29, 0.717) is 39.1 Å². The topological polar surface area (TPSA) is 101 Å². The Kier molecular flexibility index (Phi) is 8.20. The molecule has 8 nitrogen and oxygen atoms in total. The summed E-state index contributed by atoms with van der Waals surface area (Å²) in [5, 5.41) is 6.89. The number of nitrogens with one attached hydrogen (secondary N) is 2. The van der Waals surface area contributed by atoms with E-state index in [0.717, 1.165) is 29.3 Å². The van der Waals surface area contributed by atoms with E-state index in [9.17, 15) is 14.4 Å². The Morgan fingerprint density at radius 1 is 1.16 bits per heavy atom. The number of nitrogens with zero attached hydrogens (tertiary/aromatic N) is 2. The van der Waals surface area contributed by atoms with Gasteiger partial charge in [0, 0.05) is 43.7 Å². The van der Waals surface area contributed by atoms with E-state index in [2.05, 4.69) is 15.6 Å². The third-order valence-electron chi connectivity index (χ3n) is 5.30. The highest BCUT2D eigenvalue weighted by Gasteiger charge is 2.24. The molecule has 1 aromatic heterocycles. The first-order valence-electron chi connectivity index (χ1n) is 10.9. The summed E-state index contributed by atoms with van der Waals surface area (Å²) in [6, 6.07) is 9.85. The molecule has 0 saturated carbocycles. The molecule has 1 aliphatic rings. The molecule has 0 spiro atoms. The van der Waals surface area contributed by atoms with Gasteiger partial charge in [0.05, 0.1) is 18.5 Å². The Morgan fingerprint density at radius 3 is 2.71 bits per heavy atom. The summed E-state index contributed by atoms with van der Waals surface area (Å²) in [4.78, 5) is 42.1. The highest BCUT2D eigenvalue weighted by Crippen LogP contribution is 2.13. The maximum Gasteiger partial charge on any atom is 0.409 e. The number of aromatic nitrogens is 1. The van der Waals surface area contributed by atoms with Crippen LogP contribution in [0.25, 0.3) is 10.9 Å². The van der Waals surface area contributed by atoms with Crippen LogP contribution in [0.15, 0.2) is 36.5 Å². The number of piperidine rings is 1. The molecule has 1 aromatic carbocycles. The number of rotatable bonds is 8. The molecule has 0 atom stereocenters. The van der Waals surface area contributed by atoms with Gasteiger partial charge in [-0.2, -0.15) is 0 Å². The van der Waals surface area contributed by atoms with Crippen molar-refractivity contribution in [1.82, 2.24) is 20.5 Å². The molecule has 2 aromatic rings. The summed E-state index contributed by atoms with van der Waals surface area (Å²) in [6.45, 7) is 3.78. The average Bonchev–Trinajstić information content (AvgIpc) is 2.77. The van der Waals surface area contributed by atoms with Crippen molar-refractivity contribution in [2.75, 3.05) is 26.2 Å². The molecular formula is C23H30N4O4. The van der Waals surface area contributed by atoms with Crippen molar-refractivity contribution in [2.24, 2.45) is 0 Å². The molecule has 2 N–H and O–H groups in total. The van der Waals surface area contributed by atoms with E-state index in [-0.39, 0.29) is 30.4 Å². The number of pyridine rings is 1. The van der Waals surface area contributed by atoms with Crippen LogP contribution in [0.5, 0.6) is 0 Å². The molecule has 2 heterocycles. The number of ether oxygens (including phenoxy) is 1. The number of likely N-dealkylation sites (tertiary alicyclic amines) is 1. The predicted molar refractivity (Wildman–Crippen MR) is 117 cm³/mol. The Morgan fingerprint density at radius 2 is 1.94 bits per heavy atom. The average molecular weight is 427 g/mol. The third-order valence-corrected chi connectivity index (χ3v) is 5.30. The minimum Gasteiger partial charge on any atom is -0.450 e. The Bertz CT molecular complexity index is 909. The van der Waals surface area contributed by atoms with E-state index in [4.69, 9.17) is 4.74 Å². The maximum absolute atomic E-state index is 12.2. The molecule has 0 aliphatic carbocycles. The summed E-state index contributed by atoms with van der Waals surface area (Å²) in [5.74, 6) is -0.105. The predicted octanol–water partition coefficient (Wildman–Crippen LogP) is 2.41. The van der Waals surface area contributed by atoms with Crippen LogP contribution < -0.4 is 10.6 Å². The number of benzene rings is 1. The van der Waals surface area contributed by atoms with Crippen LogP contribution in [0.4, 0.5) is 4.79 Å². The molecule has 1 fully saturated rings. The van der Waals surface area contributed by atoms with E-state index < -0.39 is 0 Å². The van der Waals surface area contributed by atoms with Crippen molar-refractivity contribution in [3.05, 3.63) is 42.1 Å². The fraction of sp³-hybridized carbons (Fsp3) is 0.478. The first-order valence-corrected chi connectivity index (χ1v) is 10.9. The number of amides is 3. The number of fused-ring (bicyclic) bond motifs is 1. The van der Waals surface area contributed by atoms with Crippen LogP contribution in [-0.2, 0) is 20.7 Å². The highest BCUT2D eigenvalue weighted by atomic mass is 16.6. The Balaban J connectivity index is 1.30. The van der Waals surface area contributed by atoms with Crippen molar-refractivity contribution in [1.29, 1.82) is 0 Å². The quantitative estimate of drug-likeness (QED) is 0.632. The van der Waals surface area contributed by atoms with Gasteiger partial charge in [0.25, 0.3) is 0 Å². The van der Waals surface area contributed by atoms with Gasteiger partial charge in [-0.15, -0.1) is 0 Å². The molecule has 31 heavy (non-hydrogen) atoms. The van der Waals surface area contributed by atoms with Gasteiger partial charge >= 0.3 is 6.09 Å². The van der Waals surface area contributed by atoms with Gasteiger partial charge in [-0.3, -0.25) is 14.6 Å². The molecule has 0 unspecified atom stereocenters. The smallest absolute Gasteiger partial charge is 0.409 e. The van der Waals surface area contributed by atoms with E-state index in [1.807, 2.05) is 30.3 Å². The first kappa shape index (κ1) is 22.5. The maximum atomic E-state index is 12.2. The zero-order chi connectivity index (χ0) is 22.1. The largest absolute Gasteiger partial charge is 0.450 e. The van der Waals surface area contributed by atoms with Crippen LogP contribution in [0, 0.1) is 0 Å². The van der Waals surface area contributed by atoms with E-state index >= 15 is 0 Å². The van der Waals surface area contributed by atoms with Gasteiger partial charge in [0.2, 0.25) is 11.8 Å². The van der Waals surface area contributed by atoms with Crippen LogP contribution >= 0.6 is 0 Å². The lowest BCUT2D eigenvalue weighted by atomic mass is 10.1. The summed E-state index contributed by atoms with van der Waals surface area (Å²) in [5.41, 5.74) is 1.77. The Labute approximate surface area is 182 Å². The minimum absolute atomic E-state index is 0.0254. The van der Waals surface area contributed by atoms with Crippen LogP contribution in [-0.4, -0.2) is 60.1 Å². The lowest BCUT2D eigenvalue weighted by molar-refractivity contribution is -0.123. The van der Waals surface area contributed by atoms with Gasteiger partial charge in [0.1, 0.15) is 0 Å². The standard InChI is InChI=1S/C23H30N4O4/c1-2-31-23(30)27-12-9-19(10-13-27)26-21(28)8-5-11-24-22(29)15-17-14-18-6-3-4-7-20(18)25-16-17/h3-4,6-7,14,16,19H,2,5,8-13,15H2,1H3,(H,24,29)(H,26,28). The van der Waals surface area contributed by atoms with Gasteiger partial charge in [-0.05, 0) is 43.9 Å². The van der Waals surface area contributed by atoms with E-state index in [1.54, 1.807) is 18.0 Å². The molecule has 1 saturated heterocycles. The number of carbonyl (C=O) groups is 3. The van der Waals surface area contributed by atoms with Gasteiger partial charge in [-0.25, -0.2) is 4.79 Å². The third kappa shape index (κ3) is 6.94. The van der Waals surface area contributed by atoms with E-state index in [1.165, 1.54) is 0 Å². The fourth-order valence-electron chi connectivity index (χ4n) is 3.66. The molecule has 3 amide bonds. The normalized spacial score (nSPS) is 14.3.